The number of nitrogens with zero attached hydrogens (tertiary/aromatic N) is 3. The van der Waals surface area contributed by atoms with Crippen molar-refractivity contribution in [2.75, 3.05) is 0 Å². The maximum atomic E-state index is 6.01. The molecule has 0 atom stereocenters. The van der Waals surface area contributed by atoms with Crippen LogP contribution in [0.2, 0.25) is 10.0 Å². The number of hydrogen-bond donors (Lipinski definition) is 1. The fourth-order valence-corrected chi connectivity index (χ4v) is 1.98. The molecule has 0 spiro atoms. The Balaban J connectivity index is 2.10. The molecule has 0 aliphatic heterocycles. The van der Waals surface area contributed by atoms with Crippen LogP contribution in [0.4, 0.5) is 0 Å². The van der Waals surface area contributed by atoms with Crippen LogP contribution in [0.15, 0.2) is 24.5 Å². The van der Waals surface area contributed by atoms with E-state index in [0.29, 0.717) is 29.2 Å². The van der Waals surface area contributed by atoms with Crippen LogP contribution in [0.5, 0.6) is 0 Å². The Hall–Kier alpha value is -1.10. The van der Waals surface area contributed by atoms with Gasteiger partial charge in [0.1, 0.15) is 12.2 Å². The molecule has 1 heterocycles. The molecular formula is C13H16Cl2N4. The summed E-state index contributed by atoms with van der Waals surface area (Å²) < 4.78 is 1.86. The Kier molecular flexibility index (Phi) is 4.80. The maximum absolute atomic E-state index is 6.01. The van der Waals surface area contributed by atoms with Crippen molar-refractivity contribution >= 4 is 23.2 Å². The summed E-state index contributed by atoms with van der Waals surface area (Å²) in [5, 5.41) is 8.67. The van der Waals surface area contributed by atoms with Crippen LogP contribution in [-0.4, -0.2) is 20.8 Å². The van der Waals surface area contributed by atoms with E-state index in [1.165, 1.54) is 0 Å². The highest BCUT2D eigenvalue weighted by molar-refractivity contribution is 6.42. The minimum absolute atomic E-state index is 0.412. The van der Waals surface area contributed by atoms with Crippen LogP contribution < -0.4 is 5.32 Å². The lowest BCUT2D eigenvalue weighted by molar-refractivity contribution is 0.539. The van der Waals surface area contributed by atoms with E-state index in [1.807, 2.05) is 16.8 Å². The molecule has 0 aliphatic carbocycles. The Morgan fingerprint density at radius 2 is 2.05 bits per heavy atom. The van der Waals surface area contributed by atoms with Crippen molar-refractivity contribution in [3.05, 3.63) is 46.0 Å². The summed E-state index contributed by atoms with van der Waals surface area (Å²) in [5.41, 5.74) is 1.05. The van der Waals surface area contributed by atoms with Gasteiger partial charge in [-0.15, -0.1) is 0 Å². The van der Waals surface area contributed by atoms with E-state index >= 15 is 0 Å². The number of rotatable bonds is 5. The molecule has 1 aromatic heterocycles. The molecule has 2 rings (SSSR count). The standard InChI is InChI=1S/C13H16Cl2N4/c1-9(2)16-6-13-17-8-18-19(13)7-10-3-4-11(14)12(15)5-10/h3-5,8-9,16H,6-7H2,1-2H3. The summed E-state index contributed by atoms with van der Waals surface area (Å²) >= 11 is 11.9. The van der Waals surface area contributed by atoms with Gasteiger partial charge in [0.25, 0.3) is 0 Å². The summed E-state index contributed by atoms with van der Waals surface area (Å²) in [6, 6.07) is 6.00. The predicted molar refractivity (Wildman–Crippen MR) is 77.6 cm³/mol. The lowest BCUT2D eigenvalue weighted by Gasteiger charge is -2.10. The quantitative estimate of drug-likeness (QED) is 0.922. The molecular weight excluding hydrogens is 283 g/mol. The van der Waals surface area contributed by atoms with Gasteiger partial charge in [-0.3, -0.25) is 0 Å². The average molecular weight is 299 g/mol. The number of aromatic nitrogens is 3. The number of hydrogen-bond acceptors (Lipinski definition) is 3. The minimum Gasteiger partial charge on any atom is -0.308 e. The van der Waals surface area contributed by atoms with Gasteiger partial charge in [0, 0.05) is 6.04 Å². The zero-order valence-corrected chi connectivity index (χ0v) is 12.4. The zero-order valence-electron chi connectivity index (χ0n) is 10.9. The van der Waals surface area contributed by atoms with Crippen molar-refractivity contribution in [1.29, 1.82) is 0 Å². The van der Waals surface area contributed by atoms with Crippen LogP contribution in [0.25, 0.3) is 0 Å². The van der Waals surface area contributed by atoms with Crippen molar-refractivity contribution in [3.8, 4) is 0 Å². The molecule has 4 nitrogen and oxygen atoms in total. The van der Waals surface area contributed by atoms with Gasteiger partial charge in [0.05, 0.1) is 23.1 Å². The number of halogens is 2. The predicted octanol–water partition coefficient (Wildman–Crippen LogP) is 3.13. The van der Waals surface area contributed by atoms with E-state index in [2.05, 4.69) is 29.2 Å². The second-order valence-corrected chi connectivity index (χ2v) is 5.43. The second kappa shape index (κ2) is 6.37. The fraction of sp³-hybridized carbons (Fsp3) is 0.385. The van der Waals surface area contributed by atoms with Crippen LogP contribution in [-0.2, 0) is 13.1 Å². The average Bonchev–Trinajstić information content (AvgIpc) is 2.79. The highest BCUT2D eigenvalue weighted by atomic mass is 35.5. The molecule has 0 amide bonds. The molecule has 1 aromatic carbocycles. The Bertz CT molecular complexity index is 551. The Morgan fingerprint density at radius 1 is 1.26 bits per heavy atom. The molecule has 0 fully saturated rings. The van der Waals surface area contributed by atoms with E-state index in [1.54, 1.807) is 12.4 Å². The first kappa shape index (κ1) is 14.3. The molecule has 19 heavy (non-hydrogen) atoms. The molecule has 0 aliphatic rings. The molecule has 102 valence electrons. The zero-order chi connectivity index (χ0) is 13.8. The van der Waals surface area contributed by atoms with E-state index in [0.717, 1.165) is 11.4 Å². The number of nitrogens with one attached hydrogen (secondary N) is 1. The first-order valence-corrected chi connectivity index (χ1v) is 6.86. The molecule has 0 bridgehead atoms. The third-order valence-corrected chi connectivity index (χ3v) is 3.42. The van der Waals surface area contributed by atoms with Crippen molar-refractivity contribution in [2.24, 2.45) is 0 Å². The van der Waals surface area contributed by atoms with Crippen LogP contribution in [0.3, 0.4) is 0 Å². The smallest absolute Gasteiger partial charge is 0.141 e. The Labute approximate surface area is 122 Å². The van der Waals surface area contributed by atoms with Crippen LogP contribution in [0.1, 0.15) is 25.2 Å². The van der Waals surface area contributed by atoms with Gasteiger partial charge in [-0.2, -0.15) is 5.10 Å². The van der Waals surface area contributed by atoms with Crippen molar-refractivity contribution in [1.82, 2.24) is 20.1 Å². The molecule has 0 radical (unpaired) electrons. The second-order valence-electron chi connectivity index (χ2n) is 4.62. The lowest BCUT2D eigenvalue weighted by Crippen LogP contribution is -2.24. The topological polar surface area (TPSA) is 42.7 Å². The normalized spacial score (nSPS) is 11.2. The van der Waals surface area contributed by atoms with Gasteiger partial charge in [-0.25, -0.2) is 9.67 Å². The molecule has 0 saturated heterocycles. The fourth-order valence-electron chi connectivity index (χ4n) is 1.66. The van der Waals surface area contributed by atoms with E-state index in [4.69, 9.17) is 23.2 Å². The van der Waals surface area contributed by atoms with E-state index < -0.39 is 0 Å². The van der Waals surface area contributed by atoms with Crippen LogP contribution in [0, 0.1) is 0 Å². The Morgan fingerprint density at radius 3 is 2.74 bits per heavy atom. The molecule has 6 heteroatoms. The van der Waals surface area contributed by atoms with Gasteiger partial charge in [-0.1, -0.05) is 43.1 Å². The first-order valence-electron chi connectivity index (χ1n) is 6.10. The third kappa shape index (κ3) is 3.93. The lowest BCUT2D eigenvalue weighted by atomic mass is 10.2. The summed E-state index contributed by atoms with van der Waals surface area (Å²) in [6.07, 6.45) is 1.56. The van der Waals surface area contributed by atoms with Crippen molar-refractivity contribution in [3.63, 3.8) is 0 Å². The first-order chi connectivity index (χ1) is 9.06. The minimum atomic E-state index is 0.412. The third-order valence-electron chi connectivity index (χ3n) is 2.68. The molecule has 0 saturated carbocycles. The largest absolute Gasteiger partial charge is 0.308 e. The van der Waals surface area contributed by atoms with Crippen LogP contribution >= 0.6 is 23.2 Å². The maximum Gasteiger partial charge on any atom is 0.141 e. The van der Waals surface area contributed by atoms with Gasteiger partial charge >= 0.3 is 0 Å². The van der Waals surface area contributed by atoms with Gasteiger partial charge in [-0.05, 0) is 17.7 Å². The van der Waals surface area contributed by atoms with E-state index in [-0.39, 0.29) is 0 Å². The summed E-state index contributed by atoms with van der Waals surface area (Å²) in [7, 11) is 0. The van der Waals surface area contributed by atoms with Crippen molar-refractivity contribution in [2.45, 2.75) is 33.0 Å². The molecule has 2 aromatic rings. The summed E-state index contributed by atoms with van der Waals surface area (Å²) in [5.74, 6) is 0.903. The number of benzene rings is 1. The SMILES string of the molecule is CC(C)NCc1ncnn1Cc1ccc(Cl)c(Cl)c1. The van der Waals surface area contributed by atoms with Crippen molar-refractivity contribution < 1.29 is 0 Å². The van der Waals surface area contributed by atoms with Gasteiger partial charge in [0.2, 0.25) is 0 Å². The van der Waals surface area contributed by atoms with Gasteiger partial charge < -0.3 is 5.32 Å². The molecule has 1 N–H and O–H groups in total. The summed E-state index contributed by atoms with van der Waals surface area (Å²) in [4.78, 5) is 4.25. The van der Waals surface area contributed by atoms with E-state index in [9.17, 15) is 0 Å². The molecule has 0 unspecified atom stereocenters. The highest BCUT2D eigenvalue weighted by Gasteiger charge is 2.07. The highest BCUT2D eigenvalue weighted by Crippen LogP contribution is 2.22. The van der Waals surface area contributed by atoms with Gasteiger partial charge in [0.15, 0.2) is 0 Å². The monoisotopic (exact) mass is 298 g/mol. The summed E-state index contributed by atoms with van der Waals surface area (Å²) in [6.45, 7) is 5.52.